The van der Waals surface area contributed by atoms with Crippen molar-refractivity contribution in [2.45, 2.75) is 19.3 Å². The molecule has 0 bridgehead atoms. The Morgan fingerprint density at radius 1 is 1.13 bits per heavy atom. The average Bonchev–Trinajstić information content (AvgIpc) is 3.43. The Morgan fingerprint density at radius 3 is 2.77 bits per heavy atom. The lowest BCUT2D eigenvalue weighted by molar-refractivity contribution is 0.218. The number of aliphatic hydroxyl groups is 1. The Labute approximate surface area is 173 Å². The highest BCUT2D eigenvalue weighted by molar-refractivity contribution is 5.81. The standard InChI is InChI=1S/C23H22N6O/c1-23(2,14-30)16-3-5-17(6-4-16)27-21-22-25-9-10-29(22)13-20(28-21)15-11-19-18(26-12-15)7-8-24-19/h3-13,24,30H,14H2,1-2H3,(H,27,28). The van der Waals surface area contributed by atoms with Crippen LogP contribution in [-0.2, 0) is 5.41 Å². The lowest BCUT2D eigenvalue weighted by Gasteiger charge is -2.22. The van der Waals surface area contributed by atoms with E-state index in [1.165, 1.54) is 0 Å². The van der Waals surface area contributed by atoms with Crippen molar-refractivity contribution in [1.82, 2.24) is 24.3 Å². The van der Waals surface area contributed by atoms with Crippen LogP contribution >= 0.6 is 0 Å². The monoisotopic (exact) mass is 398 g/mol. The molecule has 0 saturated carbocycles. The first kappa shape index (κ1) is 18.3. The van der Waals surface area contributed by atoms with E-state index < -0.39 is 0 Å². The first-order valence-corrected chi connectivity index (χ1v) is 9.79. The molecule has 5 aromatic rings. The SMILES string of the molecule is CC(C)(CO)c1ccc(Nc2nc(-c3cnc4cc[nH]c4c3)cn3ccnc23)cc1. The van der Waals surface area contributed by atoms with Crippen molar-refractivity contribution < 1.29 is 5.11 Å². The van der Waals surface area contributed by atoms with Crippen LogP contribution in [0.2, 0.25) is 0 Å². The molecule has 0 atom stereocenters. The number of aromatic nitrogens is 5. The summed E-state index contributed by atoms with van der Waals surface area (Å²) in [5.74, 6) is 0.665. The maximum absolute atomic E-state index is 9.59. The van der Waals surface area contributed by atoms with Crippen LogP contribution in [0.5, 0.6) is 0 Å². The zero-order chi connectivity index (χ0) is 20.7. The molecule has 0 amide bonds. The largest absolute Gasteiger partial charge is 0.395 e. The number of pyridine rings is 1. The predicted octanol–water partition coefficient (Wildman–Crippen LogP) is 4.29. The molecular weight excluding hydrogens is 376 g/mol. The van der Waals surface area contributed by atoms with Gasteiger partial charge in [0.2, 0.25) is 0 Å². The van der Waals surface area contributed by atoms with E-state index in [2.05, 4.69) is 20.3 Å². The number of imidazole rings is 1. The molecule has 0 saturated heterocycles. The van der Waals surface area contributed by atoms with E-state index in [0.717, 1.165) is 39.2 Å². The highest BCUT2D eigenvalue weighted by Crippen LogP contribution is 2.28. The lowest BCUT2D eigenvalue weighted by atomic mass is 9.85. The second-order valence-electron chi connectivity index (χ2n) is 8.01. The van der Waals surface area contributed by atoms with Crippen LogP contribution in [0.3, 0.4) is 0 Å². The normalized spacial score (nSPS) is 12.0. The second kappa shape index (κ2) is 6.96. The Morgan fingerprint density at radius 2 is 1.97 bits per heavy atom. The maximum Gasteiger partial charge on any atom is 0.180 e. The predicted molar refractivity (Wildman–Crippen MR) is 118 cm³/mol. The fourth-order valence-electron chi connectivity index (χ4n) is 3.46. The minimum Gasteiger partial charge on any atom is -0.395 e. The molecule has 0 aliphatic rings. The van der Waals surface area contributed by atoms with Crippen LogP contribution in [0.25, 0.3) is 27.9 Å². The number of aliphatic hydroxyl groups excluding tert-OH is 1. The van der Waals surface area contributed by atoms with E-state index in [1.807, 2.05) is 79.4 Å². The molecule has 150 valence electrons. The van der Waals surface area contributed by atoms with E-state index in [9.17, 15) is 5.11 Å². The summed E-state index contributed by atoms with van der Waals surface area (Å²) >= 11 is 0. The van der Waals surface area contributed by atoms with Gasteiger partial charge in [-0.15, -0.1) is 0 Å². The summed E-state index contributed by atoms with van der Waals surface area (Å²) in [7, 11) is 0. The van der Waals surface area contributed by atoms with Crippen molar-refractivity contribution in [3.05, 3.63) is 72.9 Å². The summed E-state index contributed by atoms with van der Waals surface area (Å²) in [6.45, 7) is 4.13. The average molecular weight is 398 g/mol. The van der Waals surface area contributed by atoms with Gasteiger partial charge in [-0.3, -0.25) is 4.98 Å². The molecule has 1 aromatic carbocycles. The molecule has 3 N–H and O–H groups in total. The van der Waals surface area contributed by atoms with Gasteiger partial charge in [-0.25, -0.2) is 9.97 Å². The summed E-state index contributed by atoms with van der Waals surface area (Å²) in [5.41, 5.74) is 6.05. The summed E-state index contributed by atoms with van der Waals surface area (Å²) < 4.78 is 1.95. The minimum atomic E-state index is -0.281. The van der Waals surface area contributed by atoms with Gasteiger partial charge in [0.15, 0.2) is 11.5 Å². The van der Waals surface area contributed by atoms with Gasteiger partial charge < -0.3 is 19.8 Å². The maximum atomic E-state index is 9.59. The van der Waals surface area contributed by atoms with Gasteiger partial charge in [-0.1, -0.05) is 26.0 Å². The van der Waals surface area contributed by atoms with E-state index in [-0.39, 0.29) is 12.0 Å². The lowest BCUT2D eigenvalue weighted by Crippen LogP contribution is -2.21. The number of nitrogens with one attached hydrogen (secondary N) is 2. The van der Waals surface area contributed by atoms with Crippen molar-refractivity contribution >= 4 is 28.2 Å². The second-order valence-corrected chi connectivity index (χ2v) is 8.01. The molecule has 0 spiro atoms. The summed E-state index contributed by atoms with van der Waals surface area (Å²) in [5, 5.41) is 13.0. The van der Waals surface area contributed by atoms with Crippen LogP contribution in [0, 0.1) is 0 Å². The Kier molecular flexibility index (Phi) is 4.25. The summed E-state index contributed by atoms with van der Waals surface area (Å²) in [6, 6.07) is 12.0. The van der Waals surface area contributed by atoms with Crippen LogP contribution in [0.4, 0.5) is 11.5 Å². The molecule has 30 heavy (non-hydrogen) atoms. The first-order valence-electron chi connectivity index (χ1n) is 9.79. The van der Waals surface area contributed by atoms with E-state index in [4.69, 9.17) is 4.98 Å². The molecule has 7 nitrogen and oxygen atoms in total. The molecule has 0 radical (unpaired) electrons. The van der Waals surface area contributed by atoms with Crippen molar-refractivity contribution in [1.29, 1.82) is 0 Å². The zero-order valence-electron chi connectivity index (χ0n) is 16.8. The fourth-order valence-corrected chi connectivity index (χ4v) is 3.46. The van der Waals surface area contributed by atoms with Gasteiger partial charge in [0.25, 0.3) is 0 Å². The third kappa shape index (κ3) is 3.19. The third-order valence-electron chi connectivity index (χ3n) is 5.39. The number of hydrogen-bond donors (Lipinski definition) is 3. The molecule has 5 rings (SSSR count). The van der Waals surface area contributed by atoms with Crippen molar-refractivity contribution in [2.24, 2.45) is 0 Å². The molecule has 7 heteroatoms. The van der Waals surface area contributed by atoms with Crippen molar-refractivity contribution in [3.63, 3.8) is 0 Å². The number of aromatic amines is 1. The Bertz CT molecular complexity index is 1330. The van der Waals surface area contributed by atoms with Gasteiger partial charge in [0.05, 0.1) is 23.3 Å². The van der Waals surface area contributed by atoms with Gasteiger partial charge in [0.1, 0.15) is 0 Å². The highest BCUT2D eigenvalue weighted by Gasteiger charge is 2.19. The summed E-state index contributed by atoms with van der Waals surface area (Å²) in [4.78, 5) is 17.0. The molecule has 4 aromatic heterocycles. The molecule has 0 aliphatic heterocycles. The van der Waals surface area contributed by atoms with Gasteiger partial charge in [-0.2, -0.15) is 0 Å². The Hall–Kier alpha value is -3.71. The number of anilines is 2. The molecule has 4 heterocycles. The molecule has 0 aliphatic carbocycles. The van der Waals surface area contributed by atoms with Crippen LogP contribution in [-0.4, -0.2) is 36.1 Å². The van der Waals surface area contributed by atoms with Gasteiger partial charge in [-0.05, 0) is 29.8 Å². The minimum absolute atomic E-state index is 0.0945. The van der Waals surface area contributed by atoms with Crippen molar-refractivity contribution in [2.75, 3.05) is 11.9 Å². The smallest absolute Gasteiger partial charge is 0.180 e. The number of H-pyrrole nitrogens is 1. The number of hydrogen-bond acceptors (Lipinski definition) is 5. The molecule has 0 unspecified atom stereocenters. The number of benzene rings is 1. The van der Waals surface area contributed by atoms with Gasteiger partial charge >= 0.3 is 0 Å². The number of fused-ring (bicyclic) bond motifs is 2. The summed E-state index contributed by atoms with van der Waals surface area (Å²) in [6.07, 6.45) is 9.32. The van der Waals surface area contributed by atoms with Crippen LogP contribution < -0.4 is 5.32 Å². The van der Waals surface area contributed by atoms with E-state index in [1.54, 1.807) is 6.20 Å². The quantitative estimate of drug-likeness (QED) is 0.411. The highest BCUT2D eigenvalue weighted by atomic mass is 16.3. The van der Waals surface area contributed by atoms with E-state index >= 15 is 0 Å². The first-order chi connectivity index (χ1) is 14.5. The topological polar surface area (TPSA) is 91.1 Å². The fraction of sp³-hybridized carbons (Fsp3) is 0.174. The van der Waals surface area contributed by atoms with Crippen molar-refractivity contribution in [3.8, 4) is 11.3 Å². The Balaban J connectivity index is 1.53. The third-order valence-corrected chi connectivity index (χ3v) is 5.39. The van der Waals surface area contributed by atoms with Crippen LogP contribution in [0.15, 0.2) is 67.4 Å². The molecule has 0 fully saturated rings. The molecular formula is C23H22N6O. The zero-order valence-corrected chi connectivity index (χ0v) is 16.8. The van der Waals surface area contributed by atoms with Gasteiger partial charge in [0, 0.05) is 47.7 Å². The number of nitrogens with zero attached hydrogens (tertiary/aromatic N) is 4. The number of rotatable bonds is 5. The van der Waals surface area contributed by atoms with Crippen LogP contribution in [0.1, 0.15) is 19.4 Å². The van der Waals surface area contributed by atoms with E-state index in [0.29, 0.717) is 5.82 Å².